The number of carboxylic acid groups (broad SMARTS) is 1. The van der Waals surface area contributed by atoms with E-state index in [0.29, 0.717) is 4.88 Å². The molecule has 1 heterocycles. The summed E-state index contributed by atoms with van der Waals surface area (Å²) in [6.45, 7) is 1.53. The molecule has 0 saturated carbocycles. The van der Waals surface area contributed by atoms with Crippen molar-refractivity contribution in [3.8, 4) is 0 Å². The van der Waals surface area contributed by atoms with Gasteiger partial charge >= 0.3 is 5.97 Å². The van der Waals surface area contributed by atoms with Gasteiger partial charge in [0.2, 0.25) is 0 Å². The van der Waals surface area contributed by atoms with Gasteiger partial charge < -0.3 is 10.4 Å². The van der Waals surface area contributed by atoms with E-state index in [4.69, 9.17) is 5.11 Å². The molecule has 19 heavy (non-hydrogen) atoms. The van der Waals surface area contributed by atoms with Crippen LogP contribution in [0, 0.1) is 0 Å². The highest BCUT2D eigenvalue weighted by Gasteiger charge is 2.09. The van der Waals surface area contributed by atoms with Crippen LogP contribution in [0.1, 0.15) is 22.2 Å². The Morgan fingerprint density at radius 3 is 2.79 bits per heavy atom. The average molecular weight is 275 g/mol. The first-order valence-corrected chi connectivity index (χ1v) is 6.60. The van der Waals surface area contributed by atoms with Crippen LogP contribution >= 0.6 is 11.3 Å². The zero-order chi connectivity index (χ0) is 13.8. The molecule has 0 fully saturated rings. The number of hydrogen-bond donors (Lipinski definition) is 2. The second kappa shape index (κ2) is 5.67. The molecule has 0 amide bonds. The normalized spacial score (nSPS) is 10.2. The van der Waals surface area contributed by atoms with Gasteiger partial charge in [-0.05, 0) is 29.1 Å². The smallest absolute Gasteiger partial charge is 0.307 e. The van der Waals surface area contributed by atoms with Crippen LogP contribution in [0.15, 0.2) is 35.7 Å². The first-order chi connectivity index (χ1) is 9.06. The molecule has 0 bridgehead atoms. The third-order valence-electron chi connectivity index (χ3n) is 2.55. The lowest BCUT2D eigenvalue weighted by atomic mass is 10.1. The van der Waals surface area contributed by atoms with Crippen LogP contribution in [0.25, 0.3) is 0 Å². The van der Waals surface area contributed by atoms with E-state index < -0.39 is 5.97 Å². The number of Topliss-reactive ketones (excluding diaryl/α,β-unsaturated/α-hetero) is 1. The lowest BCUT2D eigenvalue weighted by Gasteiger charge is -2.07. The van der Waals surface area contributed by atoms with Gasteiger partial charge in [0.15, 0.2) is 5.78 Å². The molecule has 0 aliphatic heterocycles. The summed E-state index contributed by atoms with van der Waals surface area (Å²) in [7, 11) is 0. The maximum atomic E-state index is 11.4. The van der Waals surface area contributed by atoms with Gasteiger partial charge in [0, 0.05) is 12.6 Å². The molecule has 4 nitrogen and oxygen atoms in total. The number of carboxylic acids is 1. The van der Waals surface area contributed by atoms with Crippen LogP contribution in [0.5, 0.6) is 0 Å². The summed E-state index contributed by atoms with van der Waals surface area (Å²) in [5.74, 6) is -0.851. The molecule has 1 aromatic carbocycles. The Labute approximate surface area is 114 Å². The summed E-state index contributed by atoms with van der Waals surface area (Å²) in [5.41, 5.74) is 2.25. The van der Waals surface area contributed by atoms with Gasteiger partial charge in [0.1, 0.15) is 0 Å². The van der Waals surface area contributed by atoms with E-state index in [1.807, 2.05) is 17.5 Å². The van der Waals surface area contributed by atoms with E-state index in [1.54, 1.807) is 18.2 Å². The highest BCUT2D eigenvalue weighted by molar-refractivity contribution is 7.12. The number of thiophene rings is 1. The van der Waals surface area contributed by atoms with Gasteiger partial charge in [-0.2, -0.15) is 0 Å². The zero-order valence-corrected chi connectivity index (χ0v) is 11.2. The van der Waals surface area contributed by atoms with Gasteiger partial charge in [-0.1, -0.05) is 12.1 Å². The fourth-order valence-electron chi connectivity index (χ4n) is 1.77. The third-order valence-corrected chi connectivity index (χ3v) is 3.56. The number of hydrogen-bond acceptors (Lipinski definition) is 4. The molecule has 2 N–H and O–H groups in total. The van der Waals surface area contributed by atoms with E-state index in [-0.39, 0.29) is 12.2 Å². The van der Waals surface area contributed by atoms with Gasteiger partial charge in [0.25, 0.3) is 0 Å². The Morgan fingerprint density at radius 2 is 2.11 bits per heavy atom. The standard InChI is InChI=1S/C14H13NO3S/c1-9(16)14-12(5-6-19-14)15-11-4-2-3-10(7-11)8-13(17)18/h2-7,15H,8H2,1H3,(H,17,18). The third kappa shape index (κ3) is 3.42. The number of carbonyl (C=O) groups excluding carboxylic acids is 1. The van der Waals surface area contributed by atoms with Crippen molar-refractivity contribution in [2.75, 3.05) is 5.32 Å². The maximum absolute atomic E-state index is 11.4. The number of aliphatic carboxylic acids is 1. The van der Waals surface area contributed by atoms with Crippen LogP contribution < -0.4 is 5.32 Å². The Hall–Kier alpha value is -2.14. The van der Waals surface area contributed by atoms with Gasteiger partial charge in [-0.15, -0.1) is 11.3 Å². The number of carbonyl (C=O) groups is 2. The molecule has 0 spiro atoms. The summed E-state index contributed by atoms with van der Waals surface area (Å²) in [6.07, 6.45) is -0.0152. The largest absolute Gasteiger partial charge is 0.481 e. The maximum Gasteiger partial charge on any atom is 0.307 e. The Bertz CT molecular complexity index is 619. The van der Waals surface area contributed by atoms with Crippen molar-refractivity contribution < 1.29 is 14.7 Å². The van der Waals surface area contributed by atoms with E-state index in [2.05, 4.69) is 5.32 Å². The summed E-state index contributed by atoms with van der Waals surface area (Å²) in [5, 5.41) is 13.8. The molecular formula is C14H13NO3S. The van der Waals surface area contributed by atoms with Crippen molar-refractivity contribution in [3.05, 3.63) is 46.2 Å². The molecule has 0 radical (unpaired) electrons. The fraction of sp³-hybridized carbons (Fsp3) is 0.143. The monoisotopic (exact) mass is 275 g/mol. The lowest BCUT2D eigenvalue weighted by molar-refractivity contribution is -0.136. The molecule has 98 valence electrons. The number of benzene rings is 1. The zero-order valence-electron chi connectivity index (χ0n) is 10.3. The first-order valence-electron chi connectivity index (χ1n) is 5.72. The van der Waals surface area contributed by atoms with Gasteiger partial charge in [0.05, 0.1) is 17.0 Å². The molecule has 0 unspecified atom stereocenters. The SMILES string of the molecule is CC(=O)c1sccc1Nc1cccc(CC(=O)O)c1. The topological polar surface area (TPSA) is 66.4 Å². The summed E-state index contributed by atoms with van der Waals surface area (Å²) >= 11 is 1.39. The minimum absolute atomic E-state index is 0.0131. The summed E-state index contributed by atoms with van der Waals surface area (Å²) < 4.78 is 0. The van der Waals surface area contributed by atoms with Crippen molar-refractivity contribution in [1.29, 1.82) is 0 Å². The molecule has 5 heteroatoms. The number of ketones is 1. The minimum Gasteiger partial charge on any atom is -0.481 e. The van der Waals surface area contributed by atoms with Crippen LogP contribution in [0.3, 0.4) is 0 Å². The average Bonchev–Trinajstić information content (AvgIpc) is 2.76. The van der Waals surface area contributed by atoms with Crippen LogP contribution in [-0.4, -0.2) is 16.9 Å². The Morgan fingerprint density at radius 1 is 1.32 bits per heavy atom. The summed E-state index contributed by atoms with van der Waals surface area (Å²) in [6, 6.07) is 9.01. The molecule has 1 aromatic heterocycles. The van der Waals surface area contributed by atoms with Crippen molar-refractivity contribution in [3.63, 3.8) is 0 Å². The lowest BCUT2D eigenvalue weighted by Crippen LogP contribution is -2.01. The molecule has 2 aromatic rings. The second-order valence-corrected chi connectivity index (χ2v) is 5.03. The van der Waals surface area contributed by atoms with E-state index in [9.17, 15) is 9.59 Å². The number of anilines is 2. The molecule has 0 atom stereocenters. The van der Waals surface area contributed by atoms with Crippen molar-refractivity contribution in [2.45, 2.75) is 13.3 Å². The number of rotatable bonds is 5. The minimum atomic E-state index is -0.864. The Balaban J connectivity index is 2.21. The molecule has 0 aliphatic rings. The summed E-state index contributed by atoms with van der Waals surface area (Å²) in [4.78, 5) is 22.8. The quantitative estimate of drug-likeness (QED) is 0.821. The highest BCUT2D eigenvalue weighted by atomic mass is 32.1. The van der Waals surface area contributed by atoms with Crippen LogP contribution in [-0.2, 0) is 11.2 Å². The molecular weight excluding hydrogens is 262 g/mol. The van der Waals surface area contributed by atoms with Crippen molar-refractivity contribution in [1.82, 2.24) is 0 Å². The highest BCUT2D eigenvalue weighted by Crippen LogP contribution is 2.26. The Kier molecular flexibility index (Phi) is 3.97. The predicted octanol–water partition coefficient (Wildman–Crippen LogP) is 3.32. The second-order valence-electron chi connectivity index (χ2n) is 4.12. The molecule has 0 saturated heterocycles. The van der Waals surface area contributed by atoms with Crippen molar-refractivity contribution in [2.24, 2.45) is 0 Å². The van der Waals surface area contributed by atoms with E-state index in [0.717, 1.165) is 16.9 Å². The molecule has 0 aliphatic carbocycles. The molecule has 2 rings (SSSR count). The van der Waals surface area contributed by atoms with E-state index in [1.165, 1.54) is 18.3 Å². The van der Waals surface area contributed by atoms with Gasteiger partial charge in [-0.3, -0.25) is 9.59 Å². The first kappa shape index (κ1) is 13.3. The van der Waals surface area contributed by atoms with Gasteiger partial charge in [-0.25, -0.2) is 0 Å². The van der Waals surface area contributed by atoms with E-state index >= 15 is 0 Å². The van der Waals surface area contributed by atoms with Crippen LogP contribution in [0.4, 0.5) is 11.4 Å². The van der Waals surface area contributed by atoms with Crippen LogP contribution in [0.2, 0.25) is 0 Å². The fourth-order valence-corrected chi connectivity index (χ4v) is 2.52. The van der Waals surface area contributed by atoms with Crippen molar-refractivity contribution >= 4 is 34.5 Å². The predicted molar refractivity (Wildman–Crippen MR) is 75.4 cm³/mol. The number of nitrogens with one attached hydrogen (secondary N) is 1.